The first kappa shape index (κ1) is 12.6. The van der Waals surface area contributed by atoms with Crippen molar-refractivity contribution in [3.8, 4) is 0 Å². The molecule has 17 heavy (non-hydrogen) atoms. The molecule has 0 saturated heterocycles. The lowest BCUT2D eigenvalue weighted by molar-refractivity contribution is 0.0231. The molecule has 0 heterocycles. The molecule has 0 bridgehead atoms. The highest BCUT2D eigenvalue weighted by Gasteiger charge is 2.26. The highest BCUT2D eigenvalue weighted by Crippen LogP contribution is 2.29. The van der Waals surface area contributed by atoms with Gasteiger partial charge in [-0.05, 0) is 30.4 Å². The molecule has 0 spiro atoms. The van der Waals surface area contributed by atoms with Crippen LogP contribution >= 0.6 is 0 Å². The third kappa shape index (κ3) is 3.08. The Morgan fingerprint density at radius 2 is 2.12 bits per heavy atom. The van der Waals surface area contributed by atoms with E-state index in [0.29, 0.717) is 0 Å². The minimum Gasteiger partial charge on any atom is -0.376 e. The summed E-state index contributed by atoms with van der Waals surface area (Å²) in [5.41, 5.74) is 8.95. The van der Waals surface area contributed by atoms with Crippen LogP contribution in [-0.2, 0) is 11.2 Å². The van der Waals surface area contributed by atoms with Crippen molar-refractivity contribution in [2.75, 3.05) is 6.61 Å². The van der Waals surface area contributed by atoms with E-state index in [-0.39, 0.29) is 12.1 Å². The van der Waals surface area contributed by atoms with Crippen molar-refractivity contribution in [1.29, 1.82) is 0 Å². The van der Waals surface area contributed by atoms with Crippen LogP contribution in [0.5, 0.6) is 0 Å². The molecule has 0 saturated carbocycles. The first-order chi connectivity index (χ1) is 8.33. The van der Waals surface area contributed by atoms with Gasteiger partial charge in [0.25, 0.3) is 0 Å². The minimum atomic E-state index is 0.0570. The standard InChI is InChI=1S/C15H23NO/c1-2-3-6-11-17-14-10-9-12-7-4-5-8-13(12)15(14)16/h4-5,7-8,14-15H,2-3,6,9-11,16H2,1H3. The number of hydrogen-bond acceptors (Lipinski definition) is 2. The monoisotopic (exact) mass is 233 g/mol. The maximum absolute atomic E-state index is 6.28. The van der Waals surface area contributed by atoms with Crippen LogP contribution in [0.1, 0.15) is 49.8 Å². The molecule has 2 unspecified atom stereocenters. The second-order valence-electron chi connectivity index (χ2n) is 4.88. The SMILES string of the molecule is CCCCCOC1CCc2ccccc2C1N. The molecule has 1 aromatic carbocycles. The maximum Gasteiger partial charge on any atom is 0.0770 e. The summed E-state index contributed by atoms with van der Waals surface area (Å²) < 4.78 is 5.93. The zero-order chi connectivity index (χ0) is 12.1. The van der Waals surface area contributed by atoms with Crippen LogP contribution in [0.4, 0.5) is 0 Å². The van der Waals surface area contributed by atoms with Gasteiger partial charge in [0.1, 0.15) is 0 Å². The maximum atomic E-state index is 6.28. The Kier molecular flexibility index (Phi) is 4.57. The van der Waals surface area contributed by atoms with Gasteiger partial charge in [-0.25, -0.2) is 0 Å². The van der Waals surface area contributed by atoms with Gasteiger partial charge in [0.05, 0.1) is 12.1 Å². The van der Waals surface area contributed by atoms with Crippen molar-refractivity contribution in [3.05, 3.63) is 35.4 Å². The van der Waals surface area contributed by atoms with E-state index in [2.05, 4.69) is 31.2 Å². The van der Waals surface area contributed by atoms with Gasteiger partial charge in [0.2, 0.25) is 0 Å². The summed E-state index contributed by atoms with van der Waals surface area (Å²) in [5, 5.41) is 0. The van der Waals surface area contributed by atoms with E-state index in [1.807, 2.05) is 0 Å². The molecule has 2 nitrogen and oxygen atoms in total. The van der Waals surface area contributed by atoms with Gasteiger partial charge in [-0.3, -0.25) is 0 Å². The third-order valence-electron chi connectivity index (χ3n) is 3.59. The summed E-state index contributed by atoms with van der Waals surface area (Å²) in [6.07, 6.45) is 6.01. The minimum absolute atomic E-state index is 0.0570. The van der Waals surface area contributed by atoms with Crippen LogP contribution in [0.25, 0.3) is 0 Å². The molecule has 94 valence electrons. The summed E-state index contributed by atoms with van der Waals surface area (Å²) in [6, 6.07) is 8.54. The fourth-order valence-corrected chi connectivity index (χ4v) is 2.54. The second-order valence-corrected chi connectivity index (χ2v) is 4.88. The normalized spacial score (nSPS) is 23.4. The van der Waals surface area contributed by atoms with E-state index in [4.69, 9.17) is 10.5 Å². The molecule has 1 aliphatic carbocycles. The van der Waals surface area contributed by atoms with Crippen LogP contribution in [0.15, 0.2) is 24.3 Å². The first-order valence-corrected chi connectivity index (χ1v) is 6.78. The fourth-order valence-electron chi connectivity index (χ4n) is 2.54. The molecule has 0 radical (unpaired) electrons. The second kappa shape index (κ2) is 6.18. The molecule has 2 rings (SSSR count). The van der Waals surface area contributed by atoms with E-state index >= 15 is 0 Å². The molecule has 0 amide bonds. The zero-order valence-corrected chi connectivity index (χ0v) is 10.7. The van der Waals surface area contributed by atoms with Gasteiger partial charge in [0.15, 0.2) is 0 Å². The van der Waals surface area contributed by atoms with Crippen molar-refractivity contribution in [3.63, 3.8) is 0 Å². The van der Waals surface area contributed by atoms with Gasteiger partial charge in [-0.1, -0.05) is 44.0 Å². The van der Waals surface area contributed by atoms with Gasteiger partial charge in [0, 0.05) is 6.61 Å². The number of nitrogens with two attached hydrogens (primary N) is 1. The summed E-state index contributed by atoms with van der Waals surface area (Å²) in [7, 11) is 0. The number of unbranched alkanes of at least 4 members (excludes halogenated alkanes) is 2. The molecule has 2 atom stereocenters. The van der Waals surface area contributed by atoms with Crippen LogP contribution in [0, 0.1) is 0 Å². The Bertz CT molecular complexity index is 351. The molecule has 0 fully saturated rings. The Morgan fingerprint density at radius 1 is 1.29 bits per heavy atom. The van der Waals surface area contributed by atoms with Crippen molar-refractivity contribution in [1.82, 2.24) is 0 Å². The van der Waals surface area contributed by atoms with Crippen LogP contribution in [0.2, 0.25) is 0 Å². The molecule has 0 aliphatic heterocycles. The summed E-state index contributed by atoms with van der Waals surface area (Å²) in [5.74, 6) is 0. The highest BCUT2D eigenvalue weighted by molar-refractivity contribution is 5.33. The van der Waals surface area contributed by atoms with Crippen LogP contribution in [0.3, 0.4) is 0 Å². The molecular weight excluding hydrogens is 210 g/mol. The Hall–Kier alpha value is -0.860. The molecule has 1 aliphatic rings. The van der Waals surface area contributed by atoms with Crippen LogP contribution in [-0.4, -0.2) is 12.7 Å². The number of ether oxygens (including phenoxy) is 1. The number of benzene rings is 1. The Morgan fingerprint density at radius 3 is 2.94 bits per heavy atom. The van der Waals surface area contributed by atoms with Gasteiger partial charge in [-0.2, -0.15) is 0 Å². The largest absolute Gasteiger partial charge is 0.376 e. The Balaban J connectivity index is 1.90. The van der Waals surface area contributed by atoms with Gasteiger partial charge < -0.3 is 10.5 Å². The number of rotatable bonds is 5. The average Bonchev–Trinajstić information content (AvgIpc) is 2.37. The third-order valence-corrected chi connectivity index (χ3v) is 3.59. The van der Waals surface area contributed by atoms with Crippen molar-refractivity contribution in [2.24, 2.45) is 5.73 Å². The fraction of sp³-hybridized carbons (Fsp3) is 0.600. The zero-order valence-electron chi connectivity index (χ0n) is 10.7. The van der Waals surface area contributed by atoms with E-state index in [1.54, 1.807) is 0 Å². The van der Waals surface area contributed by atoms with E-state index in [9.17, 15) is 0 Å². The number of aryl methyl sites for hydroxylation is 1. The van der Waals surface area contributed by atoms with Crippen LogP contribution < -0.4 is 5.73 Å². The number of hydrogen-bond donors (Lipinski definition) is 1. The lowest BCUT2D eigenvalue weighted by atomic mass is 9.86. The molecule has 2 heteroatoms. The molecule has 1 aromatic rings. The predicted molar refractivity (Wildman–Crippen MR) is 71.0 cm³/mol. The highest BCUT2D eigenvalue weighted by atomic mass is 16.5. The molecular formula is C15H23NO. The van der Waals surface area contributed by atoms with Gasteiger partial charge >= 0.3 is 0 Å². The van der Waals surface area contributed by atoms with Gasteiger partial charge in [-0.15, -0.1) is 0 Å². The molecule has 0 aromatic heterocycles. The lowest BCUT2D eigenvalue weighted by Gasteiger charge is -2.31. The average molecular weight is 233 g/mol. The smallest absolute Gasteiger partial charge is 0.0770 e. The lowest BCUT2D eigenvalue weighted by Crippen LogP contribution is -2.34. The van der Waals surface area contributed by atoms with Crippen molar-refractivity contribution < 1.29 is 4.74 Å². The Labute approximate surface area is 104 Å². The number of fused-ring (bicyclic) bond motifs is 1. The summed E-state index contributed by atoms with van der Waals surface area (Å²) >= 11 is 0. The quantitative estimate of drug-likeness (QED) is 0.793. The van der Waals surface area contributed by atoms with Crippen molar-refractivity contribution >= 4 is 0 Å². The predicted octanol–water partition coefficient (Wildman–Crippen LogP) is 3.21. The van der Waals surface area contributed by atoms with E-state index in [0.717, 1.165) is 25.9 Å². The van der Waals surface area contributed by atoms with Crippen molar-refractivity contribution in [2.45, 2.75) is 51.2 Å². The topological polar surface area (TPSA) is 35.2 Å². The first-order valence-electron chi connectivity index (χ1n) is 6.78. The van der Waals surface area contributed by atoms with E-state index in [1.165, 1.54) is 24.0 Å². The van der Waals surface area contributed by atoms with E-state index < -0.39 is 0 Å². The molecule has 2 N–H and O–H groups in total. The summed E-state index contributed by atoms with van der Waals surface area (Å²) in [6.45, 7) is 3.07. The summed E-state index contributed by atoms with van der Waals surface area (Å²) in [4.78, 5) is 0.